The van der Waals surface area contributed by atoms with Crippen LogP contribution in [0.4, 0.5) is 5.95 Å². The van der Waals surface area contributed by atoms with Gasteiger partial charge in [0, 0.05) is 31.7 Å². The highest BCUT2D eigenvalue weighted by Crippen LogP contribution is 2.28. The molecule has 0 saturated carbocycles. The van der Waals surface area contributed by atoms with Crippen molar-refractivity contribution in [2.75, 3.05) is 37.7 Å². The van der Waals surface area contributed by atoms with Crippen molar-refractivity contribution in [3.8, 4) is 0 Å². The van der Waals surface area contributed by atoms with E-state index < -0.39 is 0 Å². The summed E-state index contributed by atoms with van der Waals surface area (Å²) in [5, 5.41) is 11.2. The number of rotatable bonds is 3. The maximum atomic E-state index is 5.43. The molecule has 0 aliphatic carbocycles. The first-order chi connectivity index (χ1) is 10.4. The molecular formula is C15H25N5O. The van der Waals surface area contributed by atoms with Gasteiger partial charge in [0.15, 0.2) is 0 Å². The summed E-state index contributed by atoms with van der Waals surface area (Å²) >= 11 is 0. The number of piperidine rings is 1. The molecule has 2 unspecified atom stereocenters. The topological polar surface area (TPSA) is 66.1 Å². The fourth-order valence-corrected chi connectivity index (χ4v) is 3.95. The molecule has 2 N–H and O–H groups in total. The molecule has 4 heterocycles. The molecule has 116 valence electrons. The number of aromatic amines is 1. The first-order valence-corrected chi connectivity index (χ1v) is 8.38. The molecule has 3 aliphatic heterocycles. The van der Waals surface area contributed by atoms with E-state index in [9.17, 15) is 0 Å². The second kappa shape index (κ2) is 5.93. The third kappa shape index (κ3) is 2.79. The Morgan fingerprint density at radius 3 is 2.76 bits per heavy atom. The van der Waals surface area contributed by atoms with Gasteiger partial charge in [-0.2, -0.15) is 4.98 Å². The van der Waals surface area contributed by atoms with Gasteiger partial charge in [0.25, 0.3) is 0 Å². The molecule has 2 atom stereocenters. The van der Waals surface area contributed by atoms with Crippen LogP contribution in [-0.2, 0) is 4.74 Å². The zero-order valence-electron chi connectivity index (χ0n) is 12.6. The van der Waals surface area contributed by atoms with Crippen molar-refractivity contribution >= 4 is 5.95 Å². The van der Waals surface area contributed by atoms with E-state index in [1.807, 2.05) is 0 Å². The summed E-state index contributed by atoms with van der Waals surface area (Å²) in [5.74, 6) is 3.13. The second-order valence-electron chi connectivity index (χ2n) is 6.61. The van der Waals surface area contributed by atoms with Gasteiger partial charge in [0.1, 0.15) is 5.82 Å². The average Bonchev–Trinajstić information content (AvgIpc) is 3.27. The summed E-state index contributed by atoms with van der Waals surface area (Å²) in [6, 6.07) is 0.755. The molecule has 6 heteroatoms. The van der Waals surface area contributed by atoms with Crippen molar-refractivity contribution in [3.05, 3.63) is 5.82 Å². The predicted octanol–water partition coefficient (Wildman–Crippen LogP) is 1.28. The standard InChI is InChI=1S/C15H25N5O/c1-2-13(16-6-1)11-3-7-20(8-4-11)15-17-14(18-19-15)12-5-9-21-10-12/h11-13,16H,1-10H2,(H,17,18,19). The summed E-state index contributed by atoms with van der Waals surface area (Å²) in [7, 11) is 0. The largest absolute Gasteiger partial charge is 0.381 e. The number of aromatic nitrogens is 3. The molecule has 1 aromatic heterocycles. The van der Waals surface area contributed by atoms with Crippen molar-refractivity contribution in [2.24, 2.45) is 5.92 Å². The van der Waals surface area contributed by atoms with Gasteiger partial charge in [0.2, 0.25) is 5.95 Å². The minimum absolute atomic E-state index is 0.409. The van der Waals surface area contributed by atoms with Crippen LogP contribution in [0.25, 0.3) is 0 Å². The van der Waals surface area contributed by atoms with E-state index in [4.69, 9.17) is 9.72 Å². The van der Waals surface area contributed by atoms with E-state index in [1.54, 1.807) is 0 Å². The fraction of sp³-hybridized carbons (Fsp3) is 0.867. The van der Waals surface area contributed by atoms with Crippen molar-refractivity contribution in [1.82, 2.24) is 20.5 Å². The van der Waals surface area contributed by atoms with Crippen LogP contribution in [0.3, 0.4) is 0 Å². The number of hydrogen-bond acceptors (Lipinski definition) is 5. The van der Waals surface area contributed by atoms with Crippen molar-refractivity contribution in [2.45, 2.75) is 44.1 Å². The minimum Gasteiger partial charge on any atom is -0.381 e. The van der Waals surface area contributed by atoms with Crippen LogP contribution in [0.5, 0.6) is 0 Å². The zero-order valence-corrected chi connectivity index (χ0v) is 12.6. The Labute approximate surface area is 125 Å². The van der Waals surface area contributed by atoms with Crippen LogP contribution in [0.15, 0.2) is 0 Å². The van der Waals surface area contributed by atoms with E-state index in [-0.39, 0.29) is 0 Å². The van der Waals surface area contributed by atoms with Gasteiger partial charge in [-0.05, 0) is 44.6 Å². The van der Waals surface area contributed by atoms with Gasteiger partial charge in [0.05, 0.1) is 6.61 Å². The summed E-state index contributed by atoms with van der Waals surface area (Å²) in [5.41, 5.74) is 0. The maximum Gasteiger partial charge on any atom is 0.244 e. The Balaban J connectivity index is 1.35. The van der Waals surface area contributed by atoms with Gasteiger partial charge in [-0.1, -0.05) is 0 Å². The minimum atomic E-state index is 0.409. The van der Waals surface area contributed by atoms with Crippen LogP contribution >= 0.6 is 0 Å². The lowest BCUT2D eigenvalue weighted by atomic mass is 9.89. The number of hydrogen-bond donors (Lipinski definition) is 2. The van der Waals surface area contributed by atoms with E-state index in [0.717, 1.165) is 56.5 Å². The van der Waals surface area contributed by atoms with Gasteiger partial charge in [-0.25, -0.2) is 0 Å². The van der Waals surface area contributed by atoms with E-state index in [2.05, 4.69) is 20.4 Å². The third-order valence-electron chi connectivity index (χ3n) is 5.30. The maximum absolute atomic E-state index is 5.43. The molecule has 0 bridgehead atoms. The summed E-state index contributed by atoms with van der Waals surface area (Å²) < 4.78 is 5.43. The number of H-pyrrole nitrogens is 1. The van der Waals surface area contributed by atoms with Gasteiger partial charge in [-0.15, -0.1) is 5.10 Å². The lowest BCUT2D eigenvalue weighted by Crippen LogP contribution is -2.41. The molecule has 3 saturated heterocycles. The highest BCUT2D eigenvalue weighted by molar-refractivity contribution is 5.30. The third-order valence-corrected chi connectivity index (χ3v) is 5.30. The SMILES string of the molecule is C1CNC(C2CCN(c3n[nH]c(C4CCOC4)n3)CC2)C1. The van der Waals surface area contributed by atoms with Gasteiger partial charge < -0.3 is 15.0 Å². The molecule has 0 spiro atoms. The van der Waals surface area contributed by atoms with E-state index >= 15 is 0 Å². The fourth-order valence-electron chi connectivity index (χ4n) is 3.95. The number of nitrogens with one attached hydrogen (secondary N) is 2. The van der Waals surface area contributed by atoms with Crippen LogP contribution in [0.1, 0.15) is 43.8 Å². The quantitative estimate of drug-likeness (QED) is 0.878. The molecule has 0 radical (unpaired) electrons. The Morgan fingerprint density at radius 1 is 1.14 bits per heavy atom. The van der Waals surface area contributed by atoms with E-state index in [1.165, 1.54) is 32.2 Å². The number of ether oxygens (including phenoxy) is 1. The molecule has 0 amide bonds. The van der Waals surface area contributed by atoms with Crippen LogP contribution in [0.2, 0.25) is 0 Å². The Bertz CT molecular complexity index is 456. The molecule has 3 aliphatic rings. The molecule has 3 fully saturated rings. The zero-order chi connectivity index (χ0) is 14.1. The summed E-state index contributed by atoms with van der Waals surface area (Å²) in [6.07, 6.45) is 6.28. The van der Waals surface area contributed by atoms with E-state index in [0.29, 0.717) is 5.92 Å². The molecule has 1 aromatic rings. The number of anilines is 1. The Kier molecular flexibility index (Phi) is 3.82. The second-order valence-corrected chi connectivity index (χ2v) is 6.61. The molecule has 0 aromatic carbocycles. The Hall–Kier alpha value is -1.14. The van der Waals surface area contributed by atoms with Crippen LogP contribution in [0, 0.1) is 5.92 Å². The lowest BCUT2D eigenvalue weighted by molar-refractivity contribution is 0.193. The molecular weight excluding hydrogens is 266 g/mol. The van der Waals surface area contributed by atoms with Crippen molar-refractivity contribution < 1.29 is 4.74 Å². The summed E-state index contributed by atoms with van der Waals surface area (Å²) in [6.45, 7) is 5.01. The molecule has 6 nitrogen and oxygen atoms in total. The van der Waals surface area contributed by atoms with Crippen LogP contribution in [-0.4, -0.2) is 54.1 Å². The van der Waals surface area contributed by atoms with Crippen LogP contribution < -0.4 is 10.2 Å². The monoisotopic (exact) mass is 291 g/mol. The van der Waals surface area contributed by atoms with Crippen molar-refractivity contribution in [3.63, 3.8) is 0 Å². The highest BCUT2D eigenvalue weighted by atomic mass is 16.5. The normalized spacial score (nSPS) is 31.1. The molecule has 4 rings (SSSR count). The van der Waals surface area contributed by atoms with Crippen molar-refractivity contribution in [1.29, 1.82) is 0 Å². The lowest BCUT2D eigenvalue weighted by Gasteiger charge is -2.34. The van der Waals surface area contributed by atoms with Gasteiger partial charge in [-0.3, -0.25) is 5.10 Å². The summed E-state index contributed by atoms with van der Waals surface area (Å²) in [4.78, 5) is 7.04. The highest BCUT2D eigenvalue weighted by Gasteiger charge is 2.30. The first-order valence-electron chi connectivity index (χ1n) is 8.38. The predicted molar refractivity (Wildman–Crippen MR) is 80.5 cm³/mol. The van der Waals surface area contributed by atoms with Gasteiger partial charge >= 0.3 is 0 Å². The smallest absolute Gasteiger partial charge is 0.244 e. The number of nitrogens with zero attached hydrogens (tertiary/aromatic N) is 3. The Morgan fingerprint density at radius 2 is 2.05 bits per heavy atom. The molecule has 21 heavy (non-hydrogen) atoms. The average molecular weight is 291 g/mol. The first kappa shape index (κ1) is 13.5.